The summed E-state index contributed by atoms with van der Waals surface area (Å²) in [6.45, 7) is 1.23. The molecular formula is C12H17NO4. The highest BCUT2D eigenvalue weighted by Gasteiger charge is 2.02. The fourth-order valence-electron chi connectivity index (χ4n) is 1.44. The van der Waals surface area contributed by atoms with Gasteiger partial charge in [-0.3, -0.25) is 4.79 Å². The first-order chi connectivity index (χ1) is 8.13. The van der Waals surface area contributed by atoms with Crippen molar-refractivity contribution in [3.8, 4) is 11.5 Å². The van der Waals surface area contributed by atoms with E-state index >= 15 is 0 Å². The van der Waals surface area contributed by atoms with Gasteiger partial charge in [-0.1, -0.05) is 6.07 Å². The Morgan fingerprint density at radius 3 is 2.82 bits per heavy atom. The predicted molar refractivity (Wildman–Crippen MR) is 63.2 cm³/mol. The van der Waals surface area contributed by atoms with Gasteiger partial charge in [-0.15, -0.1) is 0 Å². The van der Waals surface area contributed by atoms with Gasteiger partial charge in [-0.2, -0.15) is 0 Å². The summed E-state index contributed by atoms with van der Waals surface area (Å²) in [6.07, 6.45) is 0.762. The summed E-state index contributed by atoms with van der Waals surface area (Å²) in [6, 6.07) is 5.18. The Morgan fingerprint density at radius 2 is 2.24 bits per heavy atom. The second-order valence-corrected chi connectivity index (χ2v) is 3.68. The number of phenolic OH excluding ortho intramolecular Hbond substituents is 1. The Balaban J connectivity index is 2.32. The van der Waals surface area contributed by atoms with Crippen LogP contribution in [0.5, 0.6) is 11.5 Å². The summed E-state index contributed by atoms with van der Waals surface area (Å²) >= 11 is 0. The highest BCUT2D eigenvalue weighted by molar-refractivity contribution is 5.66. The summed E-state index contributed by atoms with van der Waals surface area (Å²) < 4.78 is 4.93. The van der Waals surface area contributed by atoms with E-state index in [0.717, 1.165) is 5.56 Å². The molecule has 5 nitrogen and oxygen atoms in total. The molecule has 0 saturated carbocycles. The Morgan fingerprint density at radius 1 is 1.47 bits per heavy atom. The maximum absolute atomic E-state index is 10.3. The molecule has 0 unspecified atom stereocenters. The van der Waals surface area contributed by atoms with Gasteiger partial charge in [0.05, 0.1) is 7.11 Å². The molecule has 0 atom stereocenters. The topological polar surface area (TPSA) is 78.8 Å². The molecule has 17 heavy (non-hydrogen) atoms. The molecule has 5 heteroatoms. The summed E-state index contributed by atoms with van der Waals surface area (Å²) in [5, 5.41) is 21.1. The molecule has 0 aliphatic carbocycles. The lowest BCUT2D eigenvalue weighted by Gasteiger charge is -2.07. The van der Waals surface area contributed by atoms with Crippen LogP contribution >= 0.6 is 0 Å². The van der Waals surface area contributed by atoms with Gasteiger partial charge in [0.25, 0.3) is 0 Å². The van der Waals surface area contributed by atoms with Crippen molar-refractivity contribution in [2.24, 2.45) is 0 Å². The number of carboxylic acids is 1. The molecule has 0 aromatic heterocycles. The van der Waals surface area contributed by atoms with Crippen molar-refractivity contribution in [2.45, 2.75) is 19.4 Å². The zero-order valence-corrected chi connectivity index (χ0v) is 9.77. The molecular weight excluding hydrogens is 222 g/mol. The Bertz CT molecular complexity index is 379. The smallest absolute Gasteiger partial charge is 0.303 e. The number of benzene rings is 1. The summed E-state index contributed by atoms with van der Waals surface area (Å²) in [5.74, 6) is -0.231. The quantitative estimate of drug-likeness (QED) is 0.626. The van der Waals surface area contributed by atoms with Gasteiger partial charge in [-0.05, 0) is 30.7 Å². The summed E-state index contributed by atoms with van der Waals surface area (Å²) in [7, 11) is 1.50. The Hall–Kier alpha value is -1.75. The Kier molecular flexibility index (Phi) is 5.29. The highest BCUT2D eigenvalue weighted by atomic mass is 16.5. The van der Waals surface area contributed by atoms with Crippen LogP contribution in [0.3, 0.4) is 0 Å². The van der Waals surface area contributed by atoms with Crippen molar-refractivity contribution < 1.29 is 19.7 Å². The van der Waals surface area contributed by atoms with Crippen molar-refractivity contribution >= 4 is 5.97 Å². The van der Waals surface area contributed by atoms with Gasteiger partial charge in [0, 0.05) is 13.0 Å². The largest absolute Gasteiger partial charge is 0.504 e. The highest BCUT2D eigenvalue weighted by Crippen LogP contribution is 2.25. The monoisotopic (exact) mass is 239 g/mol. The third kappa shape index (κ3) is 4.74. The SMILES string of the molecule is COc1ccc(CNCCCC(=O)O)cc1O. The molecule has 0 fully saturated rings. The maximum atomic E-state index is 10.3. The molecule has 0 radical (unpaired) electrons. The van der Waals surface area contributed by atoms with Crippen LogP contribution < -0.4 is 10.1 Å². The van der Waals surface area contributed by atoms with Crippen molar-refractivity contribution in [1.29, 1.82) is 0 Å². The predicted octanol–water partition coefficient (Wildman–Crippen LogP) is 1.36. The molecule has 0 spiro atoms. The number of carboxylic acid groups (broad SMARTS) is 1. The number of methoxy groups -OCH3 is 1. The van der Waals surface area contributed by atoms with Crippen LogP contribution in [0.4, 0.5) is 0 Å². The molecule has 0 aliphatic rings. The first-order valence-corrected chi connectivity index (χ1v) is 5.42. The number of carbonyl (C=O) groups is 1. The van der Waals surface area contributed by atoms with Crippen LogP contribution in [0.25, 0.3) is 0 Å². The number of aliphatic carboxylic acids is 1. The molecule has 1 rings (SSSR count). The van der Waals surface area contributed by atoms with Crippen LogP contribution in [-0.2, 0) is 11.3 Å². The second kappa shape index (κ2) is 6.75. The van der Waals surface area contributed by atoms with Crippen molar-refractivity contribution in [3.63, 3.8) is 0 Å². The first-order valence-electron chi connectivity index (χ1n) is 5.42. The molecule has 1 aromatic rings. The van der Waals surface area contributed by atoms with Gasteiger partial charge in [0.15, 0.2) is 11.5 Å². The fourth-order valence-corrected chi connectivity index (χ4v) is 1.44. The number of nitrogens with one attached hydrogen (secondary N) is 1. The van der Waals surface area contributed by atoms with E-state index in [1.165, 1.54) is 7.11 Å². The molecule has 94 valence electrons. The summed E-state index contributed by atoms with van der Waals surface area (Å²) in [4.78, 5) is 10.3. The van der Waals surface area contributed by atoms with E-state index in [2.05, 4.69) is 5.32 Å². The maximum Gasteiger partial charge on any atom is 0.303 e. The number of aromatic hydroxyl groups is 1. The molecule has 0 aliphatic heterocycles. The number of ether oxygens (including phenoxy) is 1. The van der Waals surface area contributed by atoms with Crippen LogP contribution in [0, 0.1) is 0 Å². The molecule has 0 saturated heterocycles. The molecule has 0 heterocycles. The van der Waals surface area contributed by atoms with E-state index in [1.54, 1.807) is 12.1 Å². The second-order valence-electron chi connectivity index (χ2n) is 3.68. The van der Waals surface area contributed by atoms with Gasteiger partial charge in [-0.25, -0.2) is 0 Å². The fraction of sp³-hybridized carbons (Fsp3) is 0.417. The lowest BCUT2D eigenvalue weighted by atomic mass is 10.2. The van der Waals surface area contributed by atoms with Gasteiger partial charge in [0.2, 0.25) is 0 Å². The van der Waals surface area contributed by atoms with Gasteiger partial charge < -0.3 is 20.3 Å². The van der Waals surface area contributed by atoms with Crippen molar-refractivity contribution in [2.75, 3.05) is 13.7 Å². The number of hydrogen-bond acceptors (Lipinski definition) is 4. The number of rotatable bonds is 7. The van der Waals surface area contributed by atoms with Crippen LogP contribution in [0.15, 0.2) is 18.2 Å². The lowest BCUT2D eigenvalue weighted by molar-refractivity contribution is -0.137. The average Bonchev–Trinajstić information content (AvgIpc) is 2.28. The van der Waals surface area contributed by atoms with E-state index in [-0.39, 0.29) is 12.2 Å². The molecule has 3 N–H and O–H groups in total. The standard InChI is InChI=1S/C12H17NO4/c1-17-11-5-4-9(7-10(11)14)8-13-6-2-3-12(15)16/h4-5,7,13-14H,2-3,6,8H2,1H3,(H,15,16). The molecule has 0 amide bonds. The third-order valence-corrected chi connectivity index (χ3v) is 2.32. The molecule has 0 bridgehead atoms. The van der Waals surface area contributed by atoms with Gasteiger partial charge >= 0.3 is 5.97 Å². The minimum atomic E-state index is -0.783. The van der Waals surface area contributed by atoms with E-state index in [1.807, 2.05) is 6.07 Å². The van der Waals surface area contributed by atoms with Gasteiger partial charge in [0.1, 0.15) is 0 Å². The van der Waals surface area contributed by atoms with Crippen molar-refractivity contribution in [3.05, 3.63) is 23.8 Å². The zero-order chi connectivity index (χ0) is 12.7. The lowest BCUT2D eigenvalue weighted by Crippen LogP contribution is -2.15. The summed E-state index contributed by atoms with van der Waals surface area (Å²) in [5.41, 5.74) is 0.929. The minimum Gasteiger partial charge on any atom is -0.504 e. The van der Waals surface area contributed by atoms with E-state index in [9.17, 15) is 9.90 Å². The van der Waals surface area contributed by atoms with Crippen LogP contribution in [0.1, 0.15) is 18.4 Å². The van der Waals surface area contributed by atoms with Crippen LogP contribution in [-0.4, -0.2) is 29.8 Å². The van der Waals surface area contributed by atoms with E-state index in [4.69, 9.17) is 9.84 Å². The van der Waals surface area contributed by atoms with Crippen LogP contribution in [0.2, 0.25) is 0 Å². The van der Waals surface area contributed by atoms with E-state index < -0.39 is 5.97 Å². The molecule has 1 aromatic carbocycles. The average molecular weight is 239 g/mol. The first kappa shape index (κ1) is 13.3. The van der Waals surface area contributed by atoms with Crippen molar-refractivity contribution in [1.82, 2.24) is 5.32 Å². The third-order valence-electron chi connectivity index (χ3n) is 2.32. The normalized spacial score (nSPS) is 10.2. The zero-order valence-electron chi connectivity index (χ0n) is 9.77. The Labute approximate surface area is 100 Å². The van der Waals surface area contributed by atoms with E-state index in [0.29, 0.717) is 25.3 Å². The minimum absolute atomic E-state index is 0.109. The number of phenols is 1. The number of hydrogen-bond donors (Lipinski definition) is 3.